The number of nitriles is 1. The SMILES string of the molecule is CC(C)C[C@H](Nc1cscc1-c1cc(C(F)(F)F)cc(C(F)(F)F)c1)C(=O)NCC#N. The number of thiophene rings is 1. The zero-order chi connectivity index (χ0) is 23.4. The minimum absolute atomic E-state index is 0.0535. The summed E-state index contributed by atoms with van der Waals surface area (Å²) in [6.45, 7) is 3.47. The van der Waals surface area contributed by atoms with Crippen LogP contribution in [0.5, 0.6) is 0 Å². The van der Waals surface area contributed by atoms with E-state index in [1.807, 2.05) is 13.8 Å². The lowest BCUT2D eigenvalue weighted by molar-refractivity contribution is -0.143. The molecule has 0 aliphatic carbocycles. The van der Waals surface area contributed by atoms with E-state index < -0.39 is 35.4 Å². The van der Waals surface area contributed by atoms with Crippen molar-refractivity contribution in [1.82, 2.24) is 5.32 Å². The third-order valence-electron chi connectivity index (χ3n) is 4.26. The minimum atomic E-state index is -4.96. The third-order valence-corrected chi connectivity index (χ3v) is 5.00. The summed E-state index contributed by atoms with van der Waals surface area (Å²) < 4.78 is 79.2. The van der Waals surface area contributed by atoms with Crippen molar-refractivity contribution in [3.63, 3.8) is 0 Å². The van der Waals surface area contributed by atoms with E-state index in [0.29, 0.717) is 18.6 Å². The molecule has 2 N–H and O–H groups in total. The van der Waals surface area contributed by atoms with Crippen molar-refractivity contribution in [3.8, 4) is 17.2 Å². The van der Waals surface area contributed by atoms with Crippen LogP contribution in [0.25, 0.3) is 11.1 Å². The van der Waals surface area contributed by atoms with Gasteiger partial charge >= 0.3 is 12.4 Å². The Bertz CT molecular complexity index is 927. The molecule has 0 unspecified atom stereocenters. The molecule has 1 aromatic carbocycles. The molecule has 1 heterocycles. The van der Waals surface area contributed by atoms with E-state index in [1.165, 1.54) is 10.8 Å². The fourth-order valence-electron chi connectivity index (χ4n) is 2.88. The van der Waals surface area contributed by atoms with Crippen molar-refractivity contribution in [1.29, 1.82) is 5.26 Å². The minimum Gasteiger partial charge on any atom is -0.372 e. The molecule has 0 spiro atoms. The number of rotatable bonds is 7. The Morgan fingerprint density at radius 1 is 1.06 bits per heavy atom. The Hall–Kier alpha value is -2.74. The van der Waals surface area contributed by atoms with Crippen LogP contribution < -0.4 is 10.6 Å². The number of carbonyl (C=O) groups excluding carboxylic acids is 1. The summed E-state index contributed by atoms with van der Waals surface area (Å²) in [5.74, 6) is -0.440. The predicted molar refractivity (Wildman–Crippen MR) is 105 cm³/mol. The highest BCUT2D eigenvalue weighted by Crippen LogP contribution is 2.41. The molecule has 11 heteroatoms. The number of hydrogen-bond donors (Lipinski definition) is 2. The molecular weight excluding hydrogens is 444 g/mol. The molecule has 1 amide bonds. The highest BCUT2D eigenvalue weighted by atomic mass is 32.1. The molecular formula is C20H19F6N3OS. The number of hydrogen-bond acceptors (Lipinski definition) is 4. The second-order valence-electron chi connectivity index (χ2n) is 7.20. The zero-order valence-electron chi connectivity index (χ0n) is 16.5. The first-order chi connectivity index (χ1) is 14.3. The van der Waals surface area contributed by atoms with E-state index in [2.05, 4.69) is 10.6 Å². The summed E-state index contributed by atoms with van der Waals surface area (Å²) in [5.41, 5.74) is -2.76. The van der Waals surface area contributed by atoms with Gasteiger partial charge in [0.1, 0.15) is 12.6 Å². The zero-order valence-corrected chi connectivity index (χ0v) is 17.3. The van der Waals surface area contributed by atoms with Crippen LogP contribution in [0.2, 0.25) is 0 Å². The molecule has 168 valence electrons. The largest absolute Gasteiger partial charge is 0.416 e. The van der Waals surface area contributed by atoms with Gasteiger partial charge < -0.3 is 10.6 Å². The average Bonchev–Trinajstić information content (AvgIpc) is 3.11. The van der Waals surface area contributed by atoms with Crippen molar-refractivity contribution in [2.45, 2.75) is 38.7 Å². The number of nitrogens with zero attached hydrogens (tertiary/aromatic N) is 1. The van der Waals surface area contributed by atoms with Crippen molar-refractivity contribution in [2.75, 3.05) is 11.9 Å². The van der Waals surface area contributed by atoms with Crippen LogP contribution in [0, 0.1) is 17.2 Å². The monoisotopic (exact) mass is 463 g/mol. The topological polar surface area (TPSA) is 64.9 Å². The van der Waals surface area contributed by atoms with Gasteiger partial charge in [0, 0.05) is 16.3 Å². The number of carbonyl (C=O) groups is 1. The second kappa shape index (κ2) is 9.60. The van der Waals surface area contributed by atoms with E-state index in [9.17, 15) is 31.1 Å². The quantitative estimate of drug-likeness (QED) is 0.396. The first kappa shape index (κ1) is 24.5. The number of nitrogens with one attached hydrogen (secondary N) is 2. The van der Waals surface area contributed by atoms with Gasteiger partial charge in [0.05, 0.1) is 22.9 Å². The molecule has 1 atom stereocenters. The van der Waals surface area contributed by atoms with Crippen LogP contribution in [0.15, 0.2) is 29.0 Å². The van der Waals surface area contributed by atoms with Gasteiger partial charge in [-0.25, -0.2) is 0 Å². The molecule has 0 fully saturated rings. The summed E-state index contributed by atoms with van der Waals surface area (Å²) >= 11 is 1.07. The van der Waals surface area contributed by atoms with Crippen LogP contribution in [0.1, 0.15) is 31.4 Å². The summed E-state index contributed by atoms with van der Waals surface area (Å²) in [6.07, 6.45) is -9.59. The number of amides is 1. The van der Waals surface area contributed by atoms with Gasteiger partial charge in [0.25, 0.3) is 0 Å². The fraction of sp³-hybridized carbons (Fsp3) is 0.400. The van der Waals surface area contributed by atoms with E-state index in [-0.39, 0.29) is 35.3 Å². The maximum Gasteiger partial charge on any atom is 0.416 e. The summed E-state index contributed by atoms with van der Waals surface area (Å²) in [6, 6.07) is 2.31. The van der Waals surface area contributed by atoms with Crippen molar-refractivity contribution < 1.29 is 31.1 Å². The highest BCUT2D eigenvalue weighted by molar-refractivity contribution is 7.08. The van der Waals surface area contributed by atoms with Gasteiger partial charge in [0.15, 0.2) is 0 Å². The van der Waals surface area contributed by atoms with E-state index in [1.54, 1.807) is 6.07 Å². The lowest BCUT2D eigenvalue weighted by Crippen LogP contribution is -2.40. The van der Waals surface area contributed by atoms with E-state index in [0.717, 1.165) is 11.3 Å². The lowest BCUT2D eigenvalue weighted by atomic mass is 9.99. The average molecular weight is 463 g/mol. The highest BCUT2D eigenvalue weighted by Gasteiger charge is 2.37. The number of benzene rings is 1. The summed E-state index contributed by atoms with van der Waals surface area (Å²) in [4.78, 5) is 12.4. The van der Waals surface area contributed by atoms with Crippen molar-refractivity contribution in [3.05, 3.63) is 40.1 Å². The predicted octanol–water partition coefficient (Wildman–Crippen LogP) is 5.92. The van der Waals surface area contributed by atoms with Crippen LogP contribution >= 0.6 is 11.3 Å². The molecule has 1 aromatic heterocycles. The molecule has 0 bridgehead atoms. The van der Waals surface area contributed by atoms with Gasteiger partial charge in [0.2, 0.25) is 5.91 Å². The molecule has 0 saturated heterocycles. The van der Waals surface area contributed by atoms with E-state index in [4.69, 9.17) is 5.26 Å². The van der Waals surface area contributed by atoms with Crippen molar-refractivity contribution in [2.24, 2.45) is 5.92 Å². The maximum atomic E-state index is 13.2. The molecule has 0 aliphatic heterocycles. The Morgan fingerprint density at radius 2 is 1.65 bits per heavy atom. The molecule has 2 rings (SSSR count). The van der Waals surface area contributed by atoms with Gasteiger partial charge in [-0.15, -0.1) is 11.3 Å². The van der Waals surface area contributed by atoms with Crippen LogP contribution in [-0.4, -0.2) is 18.5 Å². The molecule has 0 aliphatic rings. The smallest absolute Gasteiger partial charge is 0.372 e. The molecule has 0 radical (unpaired) electrons. The fourth-order valence-corrected chi connectivity index (χ4v) is 3.68. The van der Waals surface area contributed by atoms with Gasteiger partial charge in [-0.05, 0) is 36.1 Å². The molecule has 2 aromatic rings. The second-order valence-corrected chi connectivity index (χ2v) is 7.94. The first-order valence-corrected chi connectivity index (χ1v) is 10.0. The van der Waals surface area contributed by atoms with E-state index >= 15 is 0 Å². The summed E-state index contributed by atoms with van der Waals surface area (Å²) in [5, 5.41) is 16.9. The van der Waals surface area contributed by atoms with Gasteiger partial charge in [-0.1, -0.05) is 13.8 Å². The number of anilines is 1. The Morgan fingerprint density at radius 3 is 2.13 bits per heavy atom. The van der Waals surface area contributed by atoms with Crippen molar-refractivity contribution >= 4 is 22.9 Å². The number of halogens is 6. The third kappa shape index (κ3) is 6.62. The van der Waals surface area contributed by atoms with Crippen LogP contribution in [0.4, 0.5) is 32.0 Å². The first-order valence-electron chi connectivity index (χ1n) is 9.10. The number of alkyl halides is 6. The normalized spacial score (nSPS) is 13.0. The molecule has 0 saturated carbocycles. The maximum absolute atomic E-state index is 13.2. The molecule has 31 heavy (non-hydrogen) atoms. The summed E-state index contributed by atoms with van der Waals surface area (Å²) in [7, 11) is 0. The standard InChI is InChI=1S/C20H19F6N3OS/c1-11(2)5-16(18(30)28-4-3-27)29-17-10-31-9-15(17)12-6-13(19(21,22)23)8-14(7-12)20(24,25)26/h6-11,16,29H,4-5H2,1-2H3,(H,28,30)/t16-/m0/s1. The molecule has 4 nitrogen and oxygen atoms in total. The Kier molecular flexibility index (Phi) is 7.59. The Labute approximate surface area is 178 Å². The Balaban J connectivity index is 2.48. The van der Waals surface area contributed by atoms with Gasteiger partial charge in [-0.3, -0.25) is 4.79 Å². The van der Waals surface area contributed by atoms with Crippen LogP contribution in [-0.2, 0) is 17.1 Å². The lowest BCUT2D eigenvalue weighted by Gasteiger charge is -2.21. The van der Waals surface area contributed by atoms with Gasteiger partial charge in [-0.2, -0.15) is 31.6 Å². The van der Waals surface area contributed by atoms with Crippen LogP contribution in [0.3, 0.4) is 0 Å².